The van der Waals surface area contributed by atoms with Gasteiger partial charge in [-0.3, -0.25) is 4.90 Å². The van der Waals surface area contributed by atoms with Crippen LogP contribution in [-0.4, -0.2) is 76.6 Å². The fourth-order valence-corrected chi connectivity index (χ4v) is 2.31. The first-order valence-electron chi connectivity index (χ1n) is 6.56. The van der Waals surface area contributed by atoms with E-state index in [9.17, 15) is 9.90 Å². The van der Waals surface area contributed by atoms with Crippen LogP contribution in [0.5, 0.6) is 0 Å². The Morgan fingerprint density at radius 1 is 1.35 bits per heavy atom. The van der Waals surface area contributed by atoms with Crippen LogP contribution in [0.4, 0.5) is 5.82 Å². The van der Waals surface area contributed by atoms with Crippen LogP contribution in [0.3, 0.4) is 0 Å². The number of β-amino-alcohol motifs (C(OH)–C–C–N with tert-alkyl or cyclic N) is 1. The molecule has 1 aromatic rings. The Bertz CT molecular complexity index is 461. The Morgan fingerprint density at radius 3 is 2.65 bits per heavy atom. The van der Waals surface area contributed by atoms with Gasteiger partial charge in [-0.15, -0.1) is 0 Å². The molecule has 0 aromatic carbocycles. The molecule has 1 aromatic heterocycles. The number of carboxylic acids is 1. The van der Waals surface area contributed by atoms with E-state index in [4.69, 9.17) is 10.2 Å². The predicted molar refractivity (Wildman–Crippen MR) is 72.9 cm³/mol. The van der Waals surface area contributed by atoms with Crippen LogP contribution < -0.4 is 4.90 Å². The van der Waals surface area contributed by atoms with E-state index < -0.39 is 12.1 Å². The smallest absolute Gasteiger partial charge is 0.339 e. The summed E-state index contributed by atoms with van der Waals surface area (Å²) < 4.78 is 0. The van der Waals surface area contributed by atoms with E-state index in [-0.39, 0.29) is 12.2 Å². The van der Waals surface area contributed by atoms with Gasteiger partial charge in [0.2, 0.25) is 0 Å². The van der Waals surface area contributed by atoms with E-state index >= 15 is 0 Å². The quantitative estimate of drug-likeness (QED) is 0.653. The molecule has 2 heterocycles. The molecule has 110 valence electrons. The third-order valence-electron chi connectivity index (χ3n) is 3.37. The molecule has 7 nitrogen and oxygen atoms in total. The standard InChI is InChI=1S/C13H19N3O4/c17-9-10(18)8-15-4-6-16(7-5-15)12-11(13(19)20)2-1-3-14-12/h1-3,10,17-18H,4-9H2,(H,19,20). The van der Waals surface area contributed by atoms with Crippen LogP contribution in [-0.2, 0) is 0 Å². The number of hydrogen-bond acceptors (Lipinski definition) is 6. The Balaban J connectivity index is 1.99. The summed E-state index contributed by atoms with van der Waals surface area (Å²) in [7, 11) is 0. The summed E-state index contributed by atoms with van der Waals surface area (Å²) in [5, 5.41) is 27.4. The highest BCUT2D eigenvalue weighted by molar-refractivity contribution is 5.93. The van der Waals surface area contributed by atoms with Gasteiger partial charge in [0.1, 0.15) is 11.4 Å². The van der Waals surface area contributed by atoms with Gasteiger partial charge in [-0.05, 0) is 12.1 Å². The molecule has 7 heteroatoms. The number of aliphatic hydroxyl groups is 2. The van der Waals surface area contributed by atoms with Crippen molar-refractivity contribution in [2.24, 2.45) is 0 Å². The number of carboxylic acid groups (broad SMARTS) is 1. The average Bonchev–Trinajstić information content (AvgIpc) is 2.48. The van der Waals surface area contributed by atoms with Gasteiger partial charge in [-0.25, -0.2) is 9.78 Å². The van der Waals surface area contributed by atoms with Crippen molar-refractivity contribution in [3.05, 3.63) is 23.9 Å². The van der Waals surface area contributed by atoms with E-state index in [1.807, 2.05) is 9.80 Å². The van der Waals surface area contributed by atoms with Crippen molar-refractivity contribution in [3.8, 4) is 0 Å². The number of aliphatic hydroxyl groups excluding tert-OH is 2. The summed E-state index contributed by atoms with van der Waals surface area (Å²) in [5.74, 6) is -0.492. The summed E-state index contributed by atoms with van der Waals surface area (Å²) in [6.07, 6.45) is 0.856. The molecule has 1 atom stereocenters. The van der Waals surface area contributed by atoms with Gasteiger partial charge < -0.3 is 20.2 Å². The highest BCUT2D eigenvalue weighted by Gasteiger charge is 2.23. The third kappa shape index (κ3) is 3.44. The van der Waals surface area contributed by atoms with Crippen LogP contribution in [0.2, 0.25) is 0 Å². The Labute approximate surface area is 117 Å². The molecule has 0 spiro atoms. The van der Waals surface area contributed by atoms with Gasteiger partial charge >= 0.3 is 5.97 Å². The SMILES string of the molecule is O=C(O)c1cccnc1N1CCN(CC(O)CO)CC1. The molecule has 1 fully saturated rings. The van der Waals surface area contributed by atoms with Crippen LogP contribution >= 0.6 is 0 Å². The lowest BCUT2D eigenvalue weighted by molar-refractivity contribution is 0.0574. The third-order valence-corrected chi connectivity index (χ3v) is 3.37. The highest BCUT2D eigenvalue weighted by atomic mass is 16.4. The van der Waals surface area contributed by atoms with Crippen molar-refractivity contribution >= 4 is 11.8 Å². The number of piperazine rings is 1. The first-order chi connectivity index (χ1) is 9.61. The summed E-state index contributed by atoms with van der Waals surface area (Å²) in [6.45, 7) is 2.88. The minimum Gasteiger partial charge on any atom is -0.478 e. The van der Waals surface area contributed by atoms with Crippen molar-refractivity contribution in [3.63, 3.8) is 0 Å². The van der Waals surface area contributed by atoms with Gasteiger partial charge in [-0.2, -0.15) is 0 Å². The summed E-state index contributed by atoms with van der Waals surface area (Å²) in [6, 6.07) is 3.16. The second-order valence-electron chi connectivity index (χ2n) is 4.80. The lowest BCUT2D eigenvalue weighted by Crippen LogP contribution is -2.49. The van der Waals surface area contributed by atoms with E-state index in [1.54, 1.807) is 18.3 Å². The number of hydrogen-bond donors (Lipinski definition) is 3. The number of carbonyl (C=O) groups is 1. The molecule has 20 heavy (non-hydrogen) atoms. The minimum atomic E-state index is -0.980. The zero-order valence-corrected chi connectivity index (χ0v) is 11.1. The van der Waals surface area contributed by atoms with E-state index in [0.717, 1.165) is 0 Å². The molecule has 1 aliphatic heterocycles. The average molecular weight is 281 g/mol. The fourth-order valence-electron chi connectivity index (χ4n) is 2.31. The maximum atomic E-state index is 11.2. The molecule has 2 rings (SSSR count). The lowest BCUT2D eigenvalue weighted by atomic mass is 10.2. The normalized spacial score (nSPS) is 18.0. The van der Waals surface area contributed by atoms with E-state index in [2.05, 4.69) is 4.98 Å². The molecule has 1 saturated heterocycles. The summed E-state index contributed by atoms with van der Waals surface area (Å²) in [4.78, 5) is 19.3. The summed E-state index contributed by atoms with van der Waals surface area (Å²) in [5.41, 5.74) is 0.205. The number of nitrogens with zero attached hydrogens (tertiary/aromatic N) is 3. The Kier molecular flexibility index (Phi) is 4.89. The van der Waals surface area contributed by atoms with Crippen molar-refractivity contribution in [2.75, 3.05) is 44.2 Å². The zero-order valence-electron chi connectivity index (χ0n) is 11.1. The maximum absolute atomic E-state index is 11.2. The molecule has 0 saturated carbocycles. The zero-order chi connectivity index (χ0) is 14.5. The predicted octanol–water partition coefficient (Wildman–Crippen LogP) is -0.745. The van der Waals surface area contributed by atoms with Crippen LogP contribution in [0, 0.1) is 0 Å². The van der Waals surface area contributed by atoms with Crippen molar-refractivity contribution in [1.82, 2.24) is 9.88 Å². The van der Waals surface area contributed by atoms with Crippen LogP contribution in [0.25, 0.3) is 0 Å². The van der Waals surface area contributed by atoms with Gasteiger partial charge in [0.25, 0.3) is 0 Å². The highest BCUT2D eigenvalue weighted by Crippen LogP contribution is 2.18. The molecular weight excluding hydrogens is 262 g/mol. The Hall–Kier alpha value is -1.70. The topological polar surface area (TPSA) is 97.1 Å². The van der Waals surface area contributed by atoms with Crippen molar-refractivity contribution < 1.29 is 20.1 Å². The second-order valence-corrected chi connectivity index (χ2v) is 4.80. The van der Waals surface area contributed by atoms with E-state index in [0.29, 0.717) is 38.5 Å². The van der Waals surface area contributed by atoms with Gasteiger partial charge in [0.15, 0.2) is 0 Å². The largest absolute Gasteiger partial charge is 0.478 e. The molecule has 1 unspecified atom stereocenters. The first kappa shape index (κ1) is 14.7. The molecule has 1 aliphatic rings. The van der Waals surface area contributed by atoms with Gasteiger partial charge in [0.05, 0.1) is 12.7 Å². The molecular formula is C13H19N3O4. The van der Waals surface area contributed by atoms with Crippen molar-refractivity contribution in [2.45, 2.75) is 6.10 Å². The molecule has 0 bridgehead atoms. The lowest BCUT2D eigenvalue weighted by Gasteiger charge is -2.36. The molecule has 0 amide bonds. The number of rotatable bonds is 5. The van der Waals surface area contributed by atoms with E-state index in [1.165, 1.54) is 0 Å². The molecule has 3 N–H and O–H groups in total. The van der Waals surface area contributed by atoms with Gasteiger partial charge in [-0.1, -0.05) is 0 Å². The van der Waals surface area contributed by atoms with Crippen molar-refractivity contribution in [1.29, 1.82) is 0 Å². The Morgan fingerprint density at radius 2 is 2.05 bits per heavy atom. The number of aromatic carboxylic acids is 1. The summed E-state index contributed by atoms with van der Waals surface area (Å²) >= 11 is 0. The number of aromatic nitrogens is 1. The first-order valence-corrected chi connectivity index (χ1v) is 6.56. The second kappa shape index (κ2) is 6.65. The van der Waals surface area contributed by atoms with Crippen LogP contribution in [0.1, 0.15) is 10.4 Å². The maximum Gasteiger partial charge on any atom is 0.339 e. The number of pyridine rings is 1. The molecule has 0 radical (unpaired) electrons. The number of anilines is 1. The molecule has 0 aliphatic carbocycles. The van der Waals surface area contributed by atoms with Crippen LogP contribution in [0.15, 0.2) is 18.3 Å². The fraction of sp³-hybridized carbons (Fsp3) is 0.538. The monoisotopic (exact) mass is 281 g/mol. The van der Waals surface area contributed by atoms with Gasteiger partial charge in [0, 0.05) is 38.9 Å². The minimum absolute atomic E-state index is 0.205.